The number of pyridine rings is 1. The summed E-state index contributed by atoms with van der Waals surface area (Å²) in [5, 5.41) is 0.457. The second-order valence-electron chi connectivity index (χ2n) is 4.01. The van der Waals surface area contributed by atoms with Crippen molar-refractivity contribution < 1.29 is 4.39 Å². The number of halogens is 3. The largest absolute Gasteiger partial charge is 0.310 e. The molecule has 0 unspecified atom stereocenters. The molecule has 2 rings (SSSR count). The zero-order valence-electron chi connectivity index (χ0n) is 9.58. The first kappa shape index (κ1) is 13.5. The topological polar surface area (TPSA) is 22.0 Å². The SMILES string of the molecule is Cc1cc(=O)n(Cc2cc(F)ccc2Cl)cc1I. The molecule has 0 fully saturated rings. The normalized spacial score (nSPS) is 10.7. The molecule has 0 amide bonds. The van der Waals surface area contributed by atoms with Gasteiger partial charge in [-0.2, -0.15) is 0 Å². The maximum Gasteiger partial charge on any atom is 0.251 e. The molecule has 0 aliphatic heterocycles. The van der Waals surface area contributed by atoms with Crippen LogP contribution in [0, 0.1) is 16.3 Å². The van der Waals surface area contributed by atoms with Crippen LogP contribution in [0.5, 0.6) is 0 Å². The van der Waals surface area contributed by atoms with E-state index in [1.54, 1.807) is 12.3 Å². The van der Waals surface area contributed by atoms with Gasteiger partial charge in [-0.25, -0.2) is 4.39 Å². The molecular weight excluding hydrogens is 368 g/mol. The molecule has 2 aromatic rings. The fourth-order valence-electron chi connectivity index (χ4n) is 1.61. The summed E-state index contributed by atoms with van der Waals surface area (Å²) < 4.78 is 15.7. The average Bonchev–Trinajstić information content (AvgIpc) is 2.30. The summed E-state index contributed by atoms with van der Waals surface area (Å²) in [4.78, 5) is 11.8. The van der Waals surface area contributed by atoms with Crippen LogP contribution in [0.25, 0.3) is 0 Å². The van der Waals surface area contributed by atoms with Gasteiger partial charge >= 0.3 is 0 Å². The van der Waals surface area contributed by atoms with Crippen molar-refractivity contribution in [3.05, 3.63) is 66.4 Å². The van der Waals surface area contributed by atoms with Crippen LogP contribution in [0.1, 0.15) is 11.1 Å². The molecule has 0 aliphatic carbocycles. The number of aryl methyl sites for hydroxylation is 1. The molecule has 1 aromatic heterocycles. The second kappa shape index (κ2) is 5.40. The van der Waals surface area contributed by atoms with Crippen LogP contribution in [-0.4, -0.2) is 4.57 Å². The van der Waals surface area contributed by atoms with Crippen molar-refractivity contribution in [3.8, 4) is 0 Å². The Labute approximate surface area is 123 Å². The van der Waals surface area contributed by atoms with E-state index >= 15 is 0 Å². The highest BCUT2D eigenvalue weighted by Gasteiger charge is 2.06. The third kappa shape index (κ3) is 2.92. The fourth-order valence-corrected chi connectivity index (χ4v) is 2.28. The minimum absolute atomic E-state index is 0.117. The van der Waals surface area contributed by atoms with Crippen molar-refractivity contribution in [3.63, 3.8) is 0 Å². The molecule has 0 bridgehead atoms. The summed E-state index contributed by atoms with van der Waals surface area (Å²) in [6.07, 6.45) is 1.75. The van der Waals surface area contributed by atoms with E-state index in [9.17, 15) is 9.18 Å². The third-order valence-electron chi connectivity index (χ3n) is 2.62. The molecule has 0 radical (unpaired) electrons. The van der Waals surface area contributed by atoms with E-state index in [1.807, 2.05) is 6.92 Å². The predicted molar refractivity (Wildman–Crippen MR) is 78.7 cm³/mol. The van der Waals surface area contributed by atoms with Crippen molar-refractivity contribution in [2.45, 2.75) is 13.5 Å². The van der Waals surface area contributed by atoms with Crippen LogP contribution in [0.2, 0.25) is 5.02 Å². The molecule has 2 nitrogen and oxygen atoms in total. The lowest BCUT2D eigenvalue weighted by atomic mass is 10.2. The molecule has 0 N–H and O–H groups in total. The van der Waals surface area contributed by atoms with Crippen LogP contribution < -0.4 is 5.56 Å². The van der Waals surface area contributed by atoms with Crippen LogP contribution in [0.3, 0.4) is 0 Å². The minimum Gasteiger partial charge on any atom is -0.310 e. The van der Waals surface area contributed by atoms with E-state index in [-0.39, 0.29) is 17.9 Å². The summed E-state index contributed by atoms with van der Waals surface area (Å²) in [5.74, 6) is -0.357. The number of benzene rings is 1. The predicted octanol–water partition coefficient (Wildman–Crippen LogP) is 3.60. The molecule has 0 aliphatic rings. The smallest absolute Gasteiger partial charge is 0.251 e. The molecule has 18 heavy (non-hydrogen) atoms. The molecule has 1 heterocycles. The van der Waals surface area contributed by atoms with Crippen LogP contribution in [0.15, 0.2) is 35.3 Å². The molecule has 94 valence electrons. The minimum atomic E-state index is -0.357. The Morgan fingerprint density at radius 3 is 2.83 bits per heavy atom. The molecular formula is C13H10ClFINO. The van der Waals surface area contributed by atoms with Crippen molar-refractivity contribution >= 4 is 34.2 Å². The van der Waals surface area contributed by atoms with Gasteiger partial charge in [0.05, 0.1) is 6.54 Å². The Morgan fingerprint density at radius 2 is 2.11 bits per heavy atom. The van der Waals surface area contributed by atoms with Gasteiger partial charge in [-0.15, -0.1) is 0 Å². The van der Waals surface area contributed by atoms with Gasteiger partial charge in [-0.05, 0) is 58.8 Å². The summed E-state index contributed by atoms with van der Waals surface area (Å²) in [6.45, 7) is 2.15. The molecule has 0 spiro atoms. The fraction of sp³-hybridized carbons (Fsp3) is 0.154. The Hall–Kier alpha value is -0.880. The van der Waals surface area contributed by atoms with Gasteiger partial charge in [0, 0.05) is 20.9 Å². The number of nitrogens with zero attached hydrogens (tertiary/aromatic N) is 1. The van der Waals surface area contributed by atoms with Crippen LogP contribution >= 0.6 is 34.2 Å². The highest BCUT2D eigenvalue weighted by Crippen LogP contribution is 2.18. The van der Waals surface area contributed by atoms with E-state index in [0.29, 0.717) is 10.6 Å². The monoisotopic (exact) mass is 377 g/mol. The maximum atomic E-state index is 13.1. The lowest BCUT2D eigenvalue weighted by Gasteiger charge is -2.09. The first-order valence-corrected chi connectivity index (χ1v) is 6.73. The number of rotatable bonds is 2. The summed E-state index contributed by atoms with van der Waals surface area (Å²) in [7, 11) is 0. The first-order valence-electron chi connectivity index (χ1n) is 5.28. The highest BCUT2D eigenvalue weighted by molar-refractivity contribution is 14.1. The Morgan fingerprint density at radius 1 is 1.39 bits per heavy atom. The maximum absolute atomic E-state index is 13.1. The molecule has 0 saturated heterocycles. The van der Waals surface area contributed by atoms with Gasteiger partial charge in [0.2, 0.25) is 0 Å². The van der Waals surface area contributed by atoms with E-state index in [2.05, 4.69) is 22.6 Å². The van der Waals surface area contributed by atoms with Crippen molar-refractivity contribution in [1.82, 2.24) is 4.57 Å². The zero-order chi connectivity index (χ0) is 13.3. The first-order chi connectivity index (χ1) is 8.47. The van der Waals surface area contributed by atoms with Gasteiger partial charge in [0.25, 0.3) is 5.56 Å². The average molecular weight is 378 g/mol. The summed E-state index contributed by atoms with van der Waals surface area (Å²) in [5.41, 5.74) is 1.41. The van der Waals surface area contributed by atoms with E-state index in [4.69, 9.17) is 11.6 Å². The quantitative estimate of drug-likeness (QED) is 0.733. The summed E-state index contributed by atoms with van der Waals surface area (Å²) >= 11 is 8.14. The van der Waals surface area contributed by atoms with E-state index < -0.39 is 0 Å². The van der Waals surface area contributed by atoms with Crippen molar-refractivity contribution in [2.75, 3.05) is 0 Å². The molecule has 5 heteroatoms. The standard InChI is InChI=1S/C13H10ClFINO/c1-8-4-13(18)17(7-12(8)16)6-9-5-10(15)2-3-11(9)14/h2-5,7H,6H2,1H3. The third-order valence-corrected chi connectivity index (χ3v) is 4.12. The number of hydrogen-bond donors (Lipinski definition) is 0. The molecule has 1 aromatic carbocycles. The van der Waals surface area contributed by atoms with Crippen LogP contribution in [0.4, 0.5) is 4.39 Å². The summed E-state index contributed by atoms with van der Waals surface area (Å²) in [6, 6.07) is 5.71. The van der Waals surface area contributed by atoms with Crippen molar-refractivity contribution in [1.29, 1.82) is 0 Å². The van der Waals surface area contributed by atoms with E-state index in [1.165, 1.54) is 22.8 Å². The Bertz CT molecular complexity index is 654. The lowest BCUT2D eigenvalue weighted by molar-refractivity contribution is 0.622. The Balaban J connectivity index is 2.43. The number of hydrogen-bond acceptors (Lipinski definition) is 1. The second-order valence-corrected chi connectivity index (χ2v) is 5.58. The van der Waals surface area contributed by atoms with E-state index in [0.717, 1.165) is 9.13 Å². The van der Waals surface area contributed by atoms with Gasteiger partial charge in [0.1, 0.15) is 5.82 Å². The van der Waals surface area contributed by atoms with Gasteiger partial charge < -0.3 is 4.57 Å². The number of aromatic nitrogens is 1. The highest BCUT2D eigenvalue weighted by atomic mass is 127. The molecule has 0 saturated carbocycles. The Kier molecular flexibility index (Phi) is 4.07. The van der Waals surface area contributed by atoms with Gasteiger partial charge in [0.15, 0.2) is 0 Å². The van der Waals surface area contributed by atoms with Gasteiger partial charge in [-0.3, -0.25) is 4.79 Å². The lowest BCUT2D eigenvalue weighted by Crippen LogP contribution is -2.20. The molecule has 0 atom stereocenters. The van der Waals surface area contributed by atoms with Gasteiger partial charge in [-0.1, -0.05) is 11.6 Å². The zero-order valence-corrected chi connectivity index (χ0v) is 12.5. The van der Waals surface area contributed by atoms with Crippen molar-refractivity contribution in [2.24, 2.45) is 0 Å². The van der Waals surface area contributed by atoms with Crippen LogP contribution in [-0.2, 0) is 6.54 Å².